The summed E-state index contributed by atoms with van der Waals surface area (Å²) in [5, 5.41) is 7.26. The van der Waals surface area contributed by atoms with Crippen molar-refractivity contribution in [3.63, 3.8) is 0 Å². The maximum Gasteiger partial charge on any atom is 0.274 e. The number of aromatic nitrogens is 2. The Labute approximate surface area is 201 Å². The van der Waals surface area contributed by atoms with Gasteiger partial charge in [0.1, 0.15) is 5.69 Å². The SMILES string of the molecule is COCCNC(=O)CCN(CC(C)C)C(=O)c1cc2n(n1)CCCN(Cc1ccccc1)C2=O. The van der Waals surface area contributed by atoms with Crippen molar-refractivity contribution < 1.29 is 19.1 Å². The summed E-state index contributed by atoms with van der Waals surface area (Å²) in [5.74, 6) is -0.294. The zero-order chi connectivity index (χ0) is 24.5. The summed E-state index contributed by atoms with van der Waals surface area (Å²) in [7, 11) is 1.58. The minimum atomic E-state index is -0.263. The number of methoxy groups -OCH3 is 1. The number of benzene rings is 1. The number of hydrogen-bond donors (Lipinski definition) is 1. The number of carbonyl (C=O) groups is 3. The van der Waals surface area contributed by atoms with E-state index in [1.165, 1.54) is 0 Å². The molecule has 1 aliphatic heterocycles. The van der Waals surface area contributed by atoms with Gasteiger partial charge in [0.2, 0.25) is 5.91 Å². The lowest BCUT2D eigenvalue weighted by molar-refractivity contribution is -0.121. The van der Waals surface area contributed by atoms with Crippen LogP contribution in [-0.2, 0) is 22.6 Å². The number of fused-ring (bicyclic) bond motifs is 1. The van der Waals surface area contributed by atoms with Crippen molar-refractivity contribution in [2.24, 2.45) is 5.92 Å². The molecule has 0 saturated heterocycles. The first kappa shape index (κ1) is 25.4. The van der Waals surface area contributed by atoms with E-state index in [1.54, 1.807) is 27.7 Å². The molecule has 0 unspecified atom stereocenters. The first-order valence-electron chi connectivity index (χ1n) is 11.8. The third kappa shape index (κ3) is 6.90. The number of hydrogen-bond acceptors (Lipinski definition) is 5. The van der Waals surface area contributed by atoms with E-state index in [2.05, 4.69) is 10.4 Å². The fraction of sp³-hybridized carbons (Fsp3) is 0.520. The minimum Gasteiger partial charge on any atom is -0.383 e. The van der Waals surface area contributed by atoms with E-state index in [1.807, 2.05) is 44.2 Å². The second-order valence-corrected chi connectivity index (χ2v) is 8.94. The van der Waals surface area contributed by atoms with Gasteiger partial charge in [-0.1, -0.05) is 44.2 Å². The van der Waals surface area contributed by atoms with Crippen LogP contribution in [0, 0.1) is 5.92 Å². The van der Waals surface area contributed by atoms with Crippen LogP contribution in [-0.4, -0.2) is 77.2 Å². The van der Waals surface area contributed by atoms with Crippen LogP contribution in [0.25, 0.3) is 0 Å². The van der Waals surface area contributed by atoms with Crippen LogP contribution < -0.4 is 5.32 Å². The molecule has 1 aromatic carbocycles. The fourth-order valence-corrected chi connectivity index (χ4v) is 3.99. The number of rotatable bonds is 11. The summed E-state index contributed by atoms with van der Waals surface area (Å²) in [6.45, 7) is 7.43. The predicted molar refractivity (Wildman–Crippen MR) is 128 cm³/mol. The summed E-state index contributed by atoms with van der Waals surface area (Å²) in [5.41, 5.74) is 1.73. The number of carbonyl (C=O) groups excluding carboxylic acids is 3. The Hall–Kier alpha value is -3.20. The molecule has 0 atom stereocenters. The van der Waals surface area contributed by atoms with Gasteiger partial charge in [-0.15, -0.1) is 0 Å². The molecule has 9 heteroatoms. The topological polar surface area (TPSA) is 96.8 Å². The number of aryl methyl sites for hydroxylation is 1. The smallest absolute Gasteiger partial charge is 0.274 e. The molecular formula is C25H35N5O4. The lowest BCUT2D eigenvalue weighted by Crippen LogP contribution is -2.38. The Bertz CT molecular complexity index is 973. The quantitative estimate of drug-likeness (QED) is 0.509. The average Bonchev–Trinajstić information content (AvgIpc) is 3.19. The van der Waals surface area contributed by atoms with E-state index in [0.717, 1.165) is 12.0 Å². The highest BCUT2D eigenvalue weighted by Gasteiger charge is 2.28. The number of amides is 3. The van der Waals surface area contributed by atoms with Gasteiger partial charge in [-0.2, -0.15) is 5.10 Å². The standard InChI is InChI=1S/C25H35N5O4/c1-19(2)17-29(14-10-23(31)26-11-15-34-3)24(32)21-16-22-25(33)28(12-7-13-30(22)27-21)18-20-8-5-4-6-9-20/h4-6,8-9,16,19H,7,10-15,17-18H2,1-3H3,(H,26,31). The van der Waals surface area contributed by atoms with Gasteiger partial charge >= 0.3 is 0 Å². The van der Waals surface area contributed by atoms with Crippen molar-refractivity contribution in [1.82, 2.24) is 24.9 Å². The first-order chi connectivity index (χ1) is 16.4. The zero-order valence-corrected chi connectivity index (χ0v) is 20.3. The van der Waals surface area contributed by atoms with Crippen molar-refractivity contribution in [2.45, 2.75) is 39.8 Å². The van der Waals surface area contributed by atoms with Crippen LogP contribution in [0.1, 0.15) is 53.2 Å². The van der Waals surface area contributed by atoms with Crippen molar-refractivity contribution in [3.05, 3.63) is 53.3 Å². The highest BCUT2D eigenvalue weighted by Crippen LogP contribution is 2.18. The molecule has 2 aromatic rings. The van der Waals surface area contributed by atoms with E-state index >= 15 is 0 Å². The number of nitrogens with zero attached hydrogens (tertiary/aromatic N) is 4. The normalized spacial score (nSPS) is 13.5. The molecule has 0 bridgehead atoms. The molecule has 2 heterocycles. The molecule has 0 saturated carbocycles. The van der Waals surface area contributed by atoms with Gasteiger partial charge in [-0.05, 0) is 17.9 Å². The molecule has 1 aromatic heterocycles. The summed E-state index contributed by atoms with van der Waals surface area (Å²) < 4.78 is 6.59. The van der Waals surface area contributed by atoms with E-state index in [4.69, 9.17) is 4.74 Å². The van der Waals surface area contributed by atoms with Crippen molar-refractivity contribution in [1.29, 1.82) is 0 Å². The highest BCUT2D eigenvalue weighted by molar-refractivity contribution is 5.98. The van der Waals surface area contributed by atoms with Gasteiger partial charge in [-0.3, -0.25) is 19.1 Å². The maximum absolute atomic E-state index is 13.3. The Morgan fingerprint density at radius 1 is 1.21 bits per heavy atom. The molecule has 0 fully saturated rings. The lowest BCUT2D eigenvalue weighted by Gasteiger charge is -2.23. The van der Waals surface area contributed by atoms with Crippen LogP contribution >= 0.6 is 0 Å². The maximum atomic E-state index is 13.3. The van der Waals surface area contributed by atoms with E-state index in [9.17, 15) is 14.4 Å². The molecule has 0 radical (unpaired) electrons. The highest BCUT2D eigenvalue weighted by atomic mass is 16.5. The van der Waals surface area contributed by atoms with Gasteiger partial charge in [-0.25, -0.2) is 0 Å². The van der Waals surface area contributed by atoms with Crippen molar-refractivity contribution in [2.75, 3.05) is 39.9 Å². The monoisotopic (exact) mass is 469 g/mol. The molecule has 0 spiro atoms. The molecule has 3 amide bonds. The van der Waals surface area contributed by atoms with E-state index in [0.29, 0.717) is 45.0 Å². The van der Waals surface area contributed by atoms with Gasteiger partial charge in [0.15, 0.2) is 5.69 Å². The predicted octanol–water partition coefficient (Wildman–Crippen LogP) is 2.18. The summed E-state index contributed by atoms with van der Waals surface area (Å²) in [4.78, 5) is 42.1. The molecule has 9 nitrogen and oxygen atoms in total. The number of ether oxygens (including phenoxy) is 1. The largest absolute Gasteiger partial charge is 0.383 e. The molecule has 1 N–H and O–H groups in total. The van der Waals surface area contributed by atoms with Gasteiger partial charge < -0.3 is 19.9 Å². The second-order valence-electron chi connectivity index (χ2n) is 8.94. The van der Waals surface area contributed by atoms with Gasteiger partial charge in [0.05, 0.1) is 6.61 Å². The molecule has 184 valence electrons. The zero-order valence-electron chi connectivity index (χ0n) is 20.3. The fourth-order valence-electron chi connectivity index (χ4n) is 3.99. The molecule has 3 rings (SSSR count). The van der Waals surface area contributed by atoms with Gasteiger partial charge in [0, 0.05) is 58.9 Å². The van der Waals surface area contributed by atoms with Crippen LogP contribution in [0.4, 0.5) is 0 Å². The summed E-state index contributed by atoms with van der Waals surface area (Å²) >= 11 is 0. The Morgan fingerprint density at radius 2 is 1.97 bits per heavy atom. The van der Waals surface area contributed by atoms with Crippen LogP contribution in [0.15, 0.2) is 36.4 Å². The molecule has 34 heavy (non-hydrogen) atoms. The summed E-state index contributed by atoms with van der Waals surface area (Å²) in [6.07, 6.45) is 0.956. The van der Waals surface area contributed by atoms with Gasteiger partial charge in [0.25, 0.3) is 11.8 Å². The Morgan fingerprint density at radius 3 is 2.68 bits per heavy atom. The van der Waals surface area contributed by atoms with Crippen LogP contribution in [0.5, 0.6) is 0 Å². The summed E-state index contributed by atoms with van der Waals surface area (Å²) in [6, 6.07) is 11.5. The van der Waals surface area contributed by atoms with E-state index in [-0.39, 0.29) is 42.3 Å². The minimum absolute atomic E-state index is 0.124. The van der Waals surface area contributed by atoms with Crippen LogP contribution in [0.2, 0.25) is 0 Å². The Kier molecular flexibility index (Phi) is 9.21. The molecular weight excluding hydrogens is 434 g/mol. The third-order valence-corrected chi connectivity index (χ3v) is 5.63. The molecule has 0 aliphatic carbocycles. The first-order valence-corrected chi connectivity index (χ1v) is 11.8. The van der Waals surface area contributed by atoms with Crippen LogP contribution in [0.3, 0.4) is 0 Å². The Balaban J connectivity index is 1.71. The average molecular weight is 470 g/mol. The molecule has 1 aliphatic rings. The van der Waals surface area contributed by atoms with Crippen molar-refractivity contribution in [3.8, 4) is 0 Å². The van der Waals surface area contributed by atoms with Crippen molar-refractivity contribution >= 4 is 17.7 Å². The number of nitrogens with one attached hydrogen (secondary N) is 1. The third-order valence-electron chi connectivity index (χ3n) is 5.63. The second kappa shape index (κ2) is 12.3. The lowest BCUT2D eigenvalue weighted by atomic mass is 10.2. The van der Waals surface area contributed by atoms with E-state index < -0.39 is 0 Å².